The van der Waals surface area contributed by atoms with E-state index in [2.05, 4.69) is 5.32 Å². The minimum absolute atomic E-state index is 0.0865. The number of amides is 1. The quantitative estimate of drug-likeness (QED) is 0.674. The predicted molar refractivity (Wildman–Crippen MR) is 115 cm³/mol. The van der Waals surface area contributed by atoms with Gasteiger partial charge in [-0.1, -0.05) is 17.7 Å². The molecule has 1 fully saturated rings. The van der Waals surface area contributed by atoms with Crippen molar-refractivity contribution in [1.82, 2.24) is 4.31 Å². The largest absolute Gasteiger partial charge is 0.462 e. The van der Waals surface area contributed by atoms with E-state index in [1.54, 1.807) is 26.0 Å². The van der Waals surface area contributed by atoms with Crippen molar-refractivity contribution < 1.29 is 22.7 Å². The molecule has 7 nitrogen and oxygen atoms in total. The molecule has 0 saturated carbocycles. The van der Waals surface area contributed by atoms with Crippen LogP contribution in [0.15, 0.2) is 41.3 Å². The fourth-order valence-corrected chi connectivity index (χ4v) is 4.99. The van der Waals surface area contributed by atoms with Crippen LogP contribution in [0.5, 0.6) is 0 Å². The summed E-state index contributed by atoms with van der Waals surface area (Å²) in [6.45, 7) is 4.58. The number of aryl methyl sites for hydroxylation is 1. The first-order chi connectivity index (χ1) is 14.2. The number of hydrogen-bond acceptors (Lipinski definition) is 5. The Balaban J connectivity index is 1.87. The molecule has 1 N–H and O–H groups in total. The summed E-state index contributed by atoms with van der Waals surface area (Å²) in [5.74, 6) is -1.07. The summed E-state index contributed by atoms with van der Waals surface area (Å²) in [6, 6.07) is 9.00. The van der Waals surface area contributed by atoms with Crippen LogP contribution in [0, 0.1) is 6.92 Å². The number of ether oxygens (including phenoxy) is 1. The van der Waals surface area contributed by atoms with Gasteiger partial charge < -0.3 is 10.1 Å². The summed E-state index contributed by atoms with van der Waals surface area (Å²) >= 11 is 6.05. The summed E-state index contributed by atoms with van der Waals surface area (Å²) in [7, 11) is -3.64. The van der Waals surface area contributed by atoms with E-state index >= 15 is 0 Å². The fourth-order valence-electron chi connectivity index (χ4n) is 3.25. The first-order valence-electron chi connectivity index (χ1n) is 9.63. The van der Waals surface area contributed by atoms with E-state index in [0.29, 0.717) is 24.3 Å². The molecule has 1 aliphatic rings. The number of sulfonamides is 1. The Bertz CT molecular complexity index is 1080. The lowest BCUT2D eigenvalue weighted by atomic mass is 10.1. The third-order valence-corrected chi connectivity index (χ3v) is 7.10. The minimum Gasteiger partial charge on any atom is -0.462 e. The second-order valence-electron chi connectivity index (χ2n) is 6.96. The van der Waals surface area contributed by atoms with Crippen LogP contribution >= 0.6 is 11.6 Å². The van der Waals surface area contributed by atoms with E-state index in [-0.39, 0.29) is 27.7 Å². The van der Waals surface area contributed by atoms with Crippen molar-refractivity contribution in [3.8, 4) is 0 Å². The Hall–Kier alpha value is -2.42. The highest BCUT2D eigenvalue weighted by Crippen LogP contribution is 2.25. The van der Waals surface area contributed by atoms with Gasteiger partial charge in [0, 0.05) is 24.3 Å². The fraction of sp³-hybridized carbons (Fsp3) is 0.333. The number of anilines is 1. The van der Waals surface area contributed by atoms with Crippen LogP contribution in [-0.4, -0.2) is 44.3 Å². The maximum Gasteiger partial charge on any atom is 0.339 e. The zero-order chi connectivity index (χ0) is 21.9. The Labute approximate surface area is 181 Å². The third-order valence-electron chi connectivity index (χ3n) is 4.88. The Morgan fingerprint density at radius 3 is 2.47 bits per heavy atom. The monoisotopic (exact) mass is 450 g/mol. The molecule has 0 aliphatic carbocycles. The number of rotatable bonds is 6. The van der Waals surface area contributed by atoms with E-state index in [9.17, 15) is 18.0 Å². The van der Waals surface area contributed by atoms with Crippen LogP contribution in [0.3, 0.4) is 0 Å². The molecule has 0 unspecified atom stereocenters. The molecular formula is C21H23ClN2O5S. The van der Waals surface area contributed by atoms with Crippen molar-refractivity contribution in [3.63, 3.8) is 0 Å². The molecule has 30 heavy (non-hydrogen) atoms. The van der Waals surface area contributed by atoms with Gasteiger partial charge in [0.25, 0.3) is 5.91 Å². The number of halogens is 1. The first kappa shape index (κ1) is 22.3. The third kappa shape index (κ3) is 4.66. The number of nitrogens with one attached hydrogen (secondary N) is 1. The number of carbonyl (C=O) groups is 2. The SMILES string of the molecule is CCOC(=O)c1cc(NC(=O)c2cc(S(=O)(=O)N3CCCC3)ccc2C)ccc1Cl. The zero-order valence-corrected chi connectivity index (χ0v) is 18.3. The van der Waals surface area contributed by atoms with Crippen molar-refractivity contribution >= 4 is 39.2 Å². The van der Waals surface area contributed by atoms with E-state index < -0.39 is 21.9 Å². The molecule has 2 aromatic rings. The van der Waals surface area contributed by atoms with Gasteiger partial charge in [0.1, 0.15) is 0 Å². The molecule has 0 bridgehead atoms. The molecule has 2 aromatic carbocycles. The molecule has 0 spiro atoms. The van der Waals surface area contributed by atoms with Crippen LogP contribution in [-0.2, 0) is 14.8 Å². The zero-order valence-electron chi connectivity index (χ0n) is 16.8. The highest BCUT2D eigenvalue weighted by Gasteiger charge is 2.28. The van der Waals surface area contributed by atoms with Gasteiger partial charge in [-0.2, -0.15) is 4.31 Å². The Morgan fingerprint density at radius 1 is 1.10 bits per heavy atom. The molecule has 3 rings (SSSR count). The van der Waals surface area contributed by atoms with Gasteiger partial charge in [-0.15, -0.1) is 0 Å². The lowest BCUT2D eigenvalue weighted by molar-refractivity contribution is 0.0526. The van der Waals surface area contributed by atoms with E-state index in [0.717, 1.165) is 12.8 Å². The number of esters is 1. The molecule has 9 heteroatoms. The van der Waals surface area contributed by atoms with Crippen LogP contribution < -0.4 is 5.32 Å². The molecule has 1 heterocycles. The van der Waals surface area contributed by atoms with E-state index in [1.165, 1.54) is 28.6 Å². The molecule has 160 valence electrons. The van der Waals surface area contributed by atoms with Crippen LogP contribution in [0.2, 0.25) is 5.02 Å². The second-order valence-corrected chi connectivity index (χ2v) is 9.30. The molecule has 1 amide bonds. The minimum atomic E-state index is -3.64. The van der Waals surface area contributed by atoms with Gasteiger partial charge in [-0.25, -0.2) is 13.2 Å². The summed E-state index contributed by atoms with van der Waals surface area (Å²) in [6.07, 6.45) is 1.66. The average molecular weight is 451 g/mol. The average Bonchev–Trinajstić information content (AvgIpc) is 3.25. The highest BCUT2D eigenvalue weighted by atomic mass is 35.5. The second kappa shape index (κ2) is 9.16. The summed E-state index contributed by atoms with van der Waals surface area (Å²) in [5, 5.41) is 2.91. The molecule has 0 radical (unpaired) electrons. The van der Waals surface area contributed by atoms with Gasteiger partial charge in [0.2, 0.25) is 10.0 Å². The molecule has 0 aromatic heterocycles. The Kier molecular flexibility index (Phi) is 6.80. The Morgan fingerprint density at radius 2 is 1.80 bits per heavy atom. The van der Waals surface area contributed by atoms with Gasteiger partial charge in [0.15, 0.2) is 0 Å². The smallest absolute Gasteiger partial charge is 0.339 e. The van der Waals surface area contributed by atoms with Crippen molar-refractivity contribution in [1.29, 1.82) is 0 Å². The summed E-state index contributed by atoms with van der Waals surface area (Å²) < 4.78 is 32.1. The van der Waals surface area contributed by atoms with Crippen molar-refractivity contribution in [2.75, 3.05) is 25.0 Å². The van der Waals surface area contributed by atoms with Crippen molar-refractivity contribution in [2.45, 2.75) is 31.6 Å². The highest BCUT2D eigenvalue weighted by molar-refractivity contribution is 7.89. The van der Waals surface area contributed by atoms with Gasteiger partial charge >= 0.3 is 5.97 Å². The van der Waals surface area contributed by atoms with E-state index in [4.69, 9.17) is 16.3 Å². The maximum atomic E-state index is 12.9. The maximum absolute atomic E-state index is 12.9. The number of benzene rings is 2. The normalized spacial score (nSPS) is 14.5. The topological polar surface area (TPSA) is 92.8 Å². The number of nitrogens with zero attached hydrogens (tertiary/aromatic N) is 1. The van der Waals surface area contributed by atoms with Crippen LogP contribution in [0.25, 0.3) is 0 Å². The van der Waals surface area contributed by atoms with Gasteiger partial charge in [-0.05, 0) is 62.6 Å². The van der Waals surface area contributed by atoms with E-state index in [1.807, 2.05) is 0 Å². The number of carbonyl (C=O) groups excluding carboxylic acids is 2. The van der Waals surface area contributed by atoms with Crippen LogP contribution in [0.1, 0.15) is 46.0 Å². The summed E-state index contributed by atoms with van der Waals surface area (Å²) in [5.41, 5.74) is 1.36. The number of hydrogen-bond donors (Lipinski definition) is 1. The summed E-state index contributed by atoms with van der Waals surface area (Å²) in [4.78, 5) is 25.0. The molecule has 1 saturated heterocycles. The standard InChI is InChI=1S/C21H23ClN2O5S/c1-3-29-21(26)18-12-15(7-9-19(18)22)23-20(25)17-13-16(8-6-14(17)2)30(27,28)24-10-4-5-11-24/h6-9,12-13H,3-5,10-11H2,1-2H3,(H,23,25). The molecule has 0 atom stereocenters. The molecular weight excluding hydrogens is 428 g/mol. The molecule has 1 aliphatic heterocycles. The first-order valence-corrected chi connectivity index (χ1v) is 11.4. The van der Waals surface area contributed by atoms with Crippen molar-refractivity contribution in [3.05, 3.63) is 58.1 Å². The lowest BCUT2D eigenvalue weighted by Crippen LogP contribution is -2.28. The lowest BCUT2D eigenvalue weighted by Gasteiger charge is -2.17. The van der Waals surface area contributed by atoms with Crippen molar-refractivity contribution in [2.24, 2.45) is 0 Å². The van der Waals surface area contributed by atoms with Gasteiger partial charge in [0.05, 0.1) is 22.1 Å². The van der Waals surface area contributed by atoms with Crippen LogP contribution in [0.4, 0.5) is 5.69 Å². The predicted octanol–water partition coefficient (Wildman–Crippen LogP) is 3.86. The van der Waals surface area contributed by atoms with Gasteiger partial charge in [-0.3, -0.25) is 4.79 Å².